The Morgan fingerprint density at radius 2 is 1.68 bits per heavy atom. The van der Waals surface area contributed by atoms with Crippen LogP contribution in [-0.4, -0.2) is 55.5 Å². The molecule has 1 saturated heterocycles. The fourth-order valence-corrected chi connectivity index (χ4v) is 4.90. The van der Waals surface area contributed by atoms with Gasteiger partial charge in [0.15, 0.2) is 0 Å². The fraction of sp³-hybridized carbons (Fsp3) is 0.233. The number of rotatable bonds is 6. The van der Waals surface area contributed by atoms with Gasteiger partial charge < -0.3 is 25.2 Å². The lowest BCUT2D eigenvalue weighted by atomic mass is 9.95. The van der Waals surface area contributed by atoms with Crippen LogP contribution < -0.4 is 20.3 Å². The monoisotopic (exact) mass is 510 g/mol. The second-order valence-corrected chi connectivity index (χ2v) is 9.28. The first-order chi connectivity index (χ1) is 18.5. The number of amides is 4. The number of fused-ring (bicyclic) bond motifs is 1. The van der Waals surface area contributed by atoms with Crippen molar-refractivity contribution >= 4 is 34.8 Å². The first kappa shape index (κ1) is 25.1. The first-order valence-corrected chi connectivity index (χ1v) is 12.7. The molecule has 0 aromatic heterocycles. The van der Waals surface area contributed by atoms with Gasteiger partial charge in [0, 0.05) is 30.4 Å². The number of carbonyl (C=O) groups is 3. The summed E-state index contributed by atoms with van der Waals surface area (Å²) in [5, 5.41) is 5.59. The van der Waals surface area contributed by atoms with Gasteiger partial charge in [-0.1, -0.05) is 54.6 Å². The largest absolute Gasteiger partial charge is 0.497 e. The van der Waals surface area contributed by atoms with Crippen molar-refractivity contribution < 1.29 is 19.1 Å². The maximum Gasteiger partial charge on any atom is 0.320 e. The number of ether oxygens (including phenoxy) is 1. The Bertz CT molecular complexity index is 1370. The molecule has 1 unspecified atom stereocenters. The molecule has 8 heteroatoms. The molecule has 0 aliphatic carbocycles. The predicted molar refractivity (Wildman–Crippen MR) is 147 cm³/mol. The highest BCUT2D eigenvalue weighted by Crippen LogP contribution is 2.35. The van der Waals surface area contributed by atoms with Gasteiger partial charge in [-0.3, -0.25) is 9.59 Å². The minimum absolute atomic E-state index is 0.0958. The number of nitrogens with zero attached hydrogens (tertiary/aromatic N) is 2. The van der Waals surface area contributed by atoms with Crippen LogP contribution in [-0.2, 0) is 9.59 Å². The average Bonchev–Trinajstić information content (AvgIpc) is 3.46. The lowest BCUT2D eigenvalue weighted by Gasteiger charge is -2.27. The van der Waals surface area contributed by atoms with Crippen molar-refractivity contribution in [2.24, 2.45) is 0 Å². The van der Waals surface area contributed by atoms with Crippen molar-refractivity contribution in [2.45, 2.75) is 18.9 Å². The van der Waals surface area contributed by atoms with E-state index in [2.05, 4.69) is 10.6 Å². The molecule has 0 bridgehead atoms. The van der Waals surface area contributed by atoms with E-state index >= 15 is 0 Å². The van der Waals surface area contributed by atoms with Crippen LogP contribution >= 0.6 is 0 Å². The number of hydrogen-bond acceptors (Lipinski definition) is 4. The third kappa shape index (κ3) is 5.39. The number of anilines is 2. The summed E-state index contributed by atoms with van der Waals surface area (Å²) in [6.07, 6.45) is 3.69. The molecule has 38 heavy (non-hydrogen) atoms. The van der Waals surface area contributed by atoms with Crippen molar-refractivity contribution in [3.8, 4) is 5.75 Å². The van der Waals surface area contributed by atoms with E-state index in [-0.39, 0.29) is 18.4 Å². The van der Waals surface area contributed by atoms with Crippen LogP contribution in [0.15, 0.2) is 84.9 Å². The molecular weight excluding hydrogens is 480 g/mol. The molecule has 8 nitrogen and oxygen atoms in total. The predicted octanol–water partition coefficient (Wildman–Crippen LogP) is 4.29. The van der Waals surface area contributed by atoms with Gasteiger partial charge in [-0.15, -0.1) is 0 Å². The Balaban J connectivity index is 1.50. The Morgan fingerprint density at radius 1 is 0.947 bits per heavy atom. The van der Waals surface area contributed by atoms with Crippen molar-refractivity contribution in [1.82, 2.24) is 10.2 Å². The van der Waals surface area contributed by atoms with Crippen molar-refractivity contribution in [3.63, 3.8) is 0 Å². The molecule has 0 radical (unpaired) electrons. The Morgan fingerprint density at radius 3 is 2.45 bits per heavy atom. The van der Waals surface area contributed by atoms with Gasteiger partial charge in [0.2, 0.25) is 5.91 Å². The minimum atomic E-state index is -1.01. The molecule has 4 amide bonds. The SMILES string of the molecule is COc1cccc(NC(=O)NC2C=C(c3ccccc3)c3ccccc3N(CC(=O)N3CCCC3)C2=O)c1. The van der Waals surface area contributed by atoms with Crippen LogP contribution in [0, 0.1) is 0 Å². The normalized spacial score (nSPS) is 16.8. The van der Waals surface area contributed by atoms with E-state index in [1.54, 1.807) is 42.4 Å². The molecule has 0 spiro atoms. The van der Waals surface area contributed by atoms with Gasteiger partial charge in [0.1, 0.15) is 18.3 Å². The number of carbonyl (C=O) groups excluding carboxylic acids is 3. The highest BCUT2D eigenvalue weighted by molar-refractivity contribution is 6.09. The summed E-state index contributed by atoms with van der Waals surface area (Å²) in [6.45, 7) is 1.29. The summed E-state index contributed by atoms with van der Waals surface area (Å²) in [7, 11) is 1.55. The molecule has 5 rings (SSSR count). The standard InChI is InChI=1S/C30H30N4O4/c1-38-23-13-9-12-22(18-23)31-30(37)32-26-19-25(21-10-3-2-4-11-21)24-14-5-6-15-27(24)34(29(26)36)20-28(35)33-16-7-8-17-33/h2-6,9-15,18-19,26H,7-8,16-17,20H2,1H3,(H2,31,32,37). The fourth-order valence-electron chi connectivity index (χ4n) is 4.90. The molecule has 2 aliphatic heterocycles. The zero-order valence-corrected chi connectivity index (χ0v) is 21.2. The lowest BCUT2D eigenvalue weighted by Crippen LogP contribution is -2.51. The van der Waals surface area contributed by atoms with Crippen LogP contribution in [0.3, 0.4) is 0 Å². The number of urea groups is 1. The zero-order chi connectivity index (χ0) is 26.5. The summed E-state index contributed by atoms with van der Waals surface area (Å²) < 4.78 is 5.23. The highest BCUT2D eigenvalue weighted by atomic mass is 16.5. The Labute approximate surface area is 221 Å². The van der Waals surface area contributed by atoms with E-state index in [9.17, 15) is 14.4 Å². The smallest absolute Gasteiger partial charge is 0.320 e. The van der Waals surface area contributed by atoms with Gasteiger partial charge in [0.05, 0.1) is 12.8 Å². The van der Waals surface area contributed by atoms with Crippen LogP contribution in [0.1, 0.15) is 24.0 Å². The van der Waals surface area contributed by atoms with Crippen LogP contribution in [0.5, 0.6) is 5.75 Å². The molecule has 2 N–H and O–H groups in total. The molecule has 3 aromatic rings. The maximum atomic E-state index is 14.0. The third-order valence-electron chi connectivity index (χ3n) is 6.80. The number of methoxy groups -OCH3 is 1. The molecule has 1 atom stereocenters. The van der Waals surface area contributed by atoms with E-state index in [0.717, 1.165) is 29.5 Å². The number of nitrogens with one attached hydrogen (secondary N) is 2. The lowest BCUT2D eigenvalue weighted by molar-refractivity contribution is -0.130. The van der Waals surface area contributed by atoms with Gasteiger partial charge in [-0.2, -0.15) is 0 Å². The van der Waals surface area contributed by atoms with Crippen LogP contribution in [0.4, 0.5) is 16.2 Å². The summed E-state index contributed by atoms with van der Waals surface area (Å²) >= 11 is 0. The minimum Gasteiger partial charge on any atom is -0.497 e. The molecule has 2 aliphatic rings. The third-order valence-corrected chi connectivity index (χ3v) is 6.80. The van der Waals surface area contributed by atoms with E-state index < -0.39 is 12.1 Å². The number of para-hydroxylation sites is 1. The van der Waals surface area contributed by atoms with Gasteiger partial charge >= 0.3 is 6.03 Å². The maximum absolute atomic E-state index is 14.0. The Hall–Kier alpha value is -4.59. The van der Waals surface area contributed by atoms with Gasteiger partial charge in [-0.25, -0.2) is 4.79 Å². The zero-order valence-electron chi connectivity index (χ0n) is 21.2. The second kappa shape index (κ2) is 11.2. The quantitative estimate of drug-likeness (QED) is 0.518. The molecular formula is C30H30N4O4. The number of hydrogen-bond donors (Lipinski definition) is 2. The number of benzene rings is 3. The van der Waals surface area contributed by atoms with E-state index in [4.69, 9.17) is 4.74 Å². The summed E-state index contributed by atoms with van der Waals surface area (Å²) in [5.41, 5.74) is 3.69. The summed E-state index contributed by atoms with van der Waals surface area (Å²) in [4.78, 5) is 43.5. The molecule has 1 fully saturated rings. The van der Waals surface area contributed by atoms with Crippen LogP contribution in [0.25, 0.3) is 5.57 Å². The summed E-state index contributed by atoms with van der Waals surface area (Å²) in [6, 6.07) is 22.7. The first-order valence-electron chi connectivity index (χ1n) is 12.7. The van der Waals surface area contributed by atoms with E-state index in [1.165, 1.54) is 4.90 Å². The van der Waals surface area contributed by atoms with Crippen LogP contribution in [0.2, 0.25) is 0 Å². The summed E-state index contributed by atoms with van der Waals surface area (Å²) in [5.74, 6) is 0.117. The second-order valence-electron chi connectivity index (χ2n) is 9.28. The van der Waals surface area contributed by atoms with Crippen molar-refractivity contribution in [3.05, 3.63) is 96.1 Å². The molecule has 194 valence electrons. The van der Waals surface area contributed by atoms with E-state index in [1.807, 2.05) is 54.6 Å². The number of likely N-dealkylation sites (tertiary alicyclic amines) is 1. The Kier molecular flexibility index (Phi) is 7.40. The van der Waals surface area contributed by atoms with Crippen molar-refractivity contribution in [2.75, 3.05) is 37.0 Å². The molecule has 3 aromatic carbocycles. The molecule has 0 saturated carbocycles. The highest BCUT2D eigenvalue weighted by Gasteiger charge is 2.34. The van der Waals surface area contributed by atoms with Gasteiger partial charge in [0.25, 0.3) is 5.91 Å². The molecule has 2 heterocycles. The average molecular weight is 511 g/mol. The van der Waals surface area contributed by atoms with Gasteiger partial charge in [-0.05, 0) is 48.3 Å². The topological polar surface area (TPSA) is 91.0 Å². The van der Waals surface area contributed by atoms with Crippen molar-refractivity contribution in [1.29, 1.82) is 0 Å². The van der Waals surface area contributed by atoms with E-state index in [0.29, 0.717) is 30.2 Å².